The Hall–Kier alpha value is -2.48. The van der Waals surface area contributed by atoms with E-state index in [0.717, 1.165) is 0 Å². The van der Waals surface area contributed by atoms with Gasteiger partial charge in [0, 0.05) is 11.6 Å². The molecule has 0 aliphatic heterocycles. The van der Waals surface area contributed by atoms with E-state index >= 15 is 0 Å². The molecule has 1 aromatic heterocycles. The third kappa shape index (κ3) is 3.70. The maximum absolute atomic E-state index is 13.6. The molecule has 1 N–H and O–H groups in total. The molecule has 130 valence electrons. The Balaban J connectivity index is 2.36. The lowest BCUT2D eigenvalue weighted by Gasteiger charge is -2.26. The van der Waals surface area contributed by atoms with Gasteiger partial charge in [-0.25, -0.2) is 4.39 Å². The van der Waals surface area contributed by atoms with E-state index in [9.17, 15) is 14.3 Å². The van der Waals surface area contributed by atoms with Crippen molar-refractivity contribution in [1.82, 2.24) is 19.7 Å². The minimum Gasteiger partial charge on any atom is -0.496 e. The Morgan fingerprint density at radius 2 is 2.17 bits per heavy atom. The number of carboxylic acid groups (broad SMARTS) is 1. The number of halogens is 1. The van der Waals surface area contributed by atoms with Crippen LogP contribution in [-0.4, -0.2) is 44.9 Å². The first-order valence-electron chi connectivity index (χ1n) is 7.50. The van der Waals surface area contributed by atoms with Crippen molar-refractivity contribution < 1.29 is 19.0 Å². The van der Waals surface area contributed by atoms with E-state index in [4.69, 9.17) is 4.74 Å². The molecule has 0 radical (unpaired) electrons. The van der Waals surface area contributed by atoms with Crippen molar-refractivity contribution in [3.8, 4) is 5.75 Å². The Kier molecular flexibility index (Phi) is 5.50. The molecular weight excluding hydrogens is 315 g/mol. The maximum Gasteiger partial charge on any atom is 0.325 e. The molecule has 8 heteroatoms. The Labute approximate surface area is 139 Å². The molecule has 1 unspecified atom stereocenters. The summed E-state index contributed by atoms with van der Waals surface area (Å²) in [5.41, 5.74) is 0.253. The van der Waals surface area contributed by atoms with Crippen molar-refractivity contribution in [2.75, 3.05) is 14.2 Å². The number of carbonyl (C=O) groups is 1. The van der Waals surface area contributed by atoms with Crippen LogP contribution in [0.4, 0.5) is 4.39 Å². The first-order valence-corrected chi connectivity index (χ1v) is 7.50. The molecule has 0 aliphatic carbocycles. The first-order chi connectivity index (χ1) is 11.3. The first kappa shape index (κ1) is 17.9. The number of hydrogen-bond acceptors (Lipinski definition) is 5. The van der Waals surface area contributed by atoms with Gasteiger partial charge in [-0.05, 0) is 39.1 Å². The summed E-state index contributed by atoms with van der Waals surface area (Å²) in [4.78, 5) is 13.4. The smallest absolute Gasteiger partial charge is 0.325 e. The average Bonchev–Trinajstić information content (AvgIpc) is 2.95. The van der Waals surface area contributed by atoms with Gasteiger partial charge >= 0.3 is 5.97 Å². The Morgan fingerprint density at radius 3 is 2.75 bits per heavy atom. The summed E-state index contributed by atoms with van der Waals surface area (Å²) < 4.78 is 20.7. The van der Waals surface area contributed by atoms with Crippen molar-refractivity contribution in [2.24, 2.45) is 0 Å². The van der Waals surface area contributed by atoms with Gasteiger partial charge in [-0.1, -0.05) is 0 Å². The number of ether oxygens (including phenoxy) is 1. The molecule has 0 aliphatic rings. The van der Waals surface area contributed by atoms with Crippen molar-refractivity contribution in [3.63, 3.8) is 0 Å². The number of methoxy groups -OCH3 is 1. The maximum atomic E-state index is 13.6. The fourth-order valence-electron chi connectivity index (χ4n) is 2.60. The third-order valence-corrected chi connectivity index (χ3v) is 3.76. The monoisotopic (exact) mass is 336 g/mol. The SMILES string of the molecule is COc1ccc(F)cc1C(C(=O)O)N(C)Cc1nncn1C(C)C. The van der Waals surface area contributed by atoms with Gasteiger partial charge in [0.15, 0.2) is 0 Å². The van der Waals surface area contributed by atoms with Crippen LogP contribution in [0, 0.1) is 5.82 Å². The third-order valence-electron chi connectivity index (χ3n) is 3.76. The van der Waals surface area contributed by atoms with Gasteiger partial charge < -0.3 is 14.4 Å². The predicted molar refractivity (Wildman–Crippen MR) is 85.2 cm³/mol. The molecule has 0 bridgehead atoms. The highest BCUT2D eigenvalue weighted by Gasteiger charge is 2.29. The fraction of sp³-hybridized carbons (Fsp3) is 0.438. The highest BCUT2D eigenvalue weighted by Crippen LogP contribution is 2.30. The fourth-order valence-corrected chi connectivity index (χ4v) is 2.60. The molecule has 1 atom stereocenters. The normalized spacial score (nSPS) is 12.6. The molecule has 7 nitrogen and oxygen atoms in total. The van der Waals surface area contributed by atoms with Gasteiger partial charge in [0.25, 0.3) is 0 Å². The summed E-state index contributed by atoms with van der Waals surface area (Å²) in [5.74, 6) is -0.664. The quantitative estimate of drug-likeness (QED) is 0.835. The highest BCUT2D eigenvalue weighted by atomic mass is 19.1. The predicted octanol–water partition coefficient (Wildman–Crippen LogP) is 2.26. The minimum atomic E-state index is -1.10. The van der Waals surface area contributed by atoms with Crippen LogP contribution in [0.1, 0.15) is 37.3 Å². The van der Waals surface area contributed by atoms with Crippen LogP contribution in [0.5, 0.6) is 5.75 Å². The van der Waals surface area contributed by atoms with E-state index in [-0.39, 0.29) is 18.2 Å². The molecule has 0 amide bonds. The van der Waals surface area contributed by atoms with Crippen LogP contribution in [0.25, 0.3) is 0 Å². The van der Waals surface area contributed by atoms with Crippen LogP contribution in [0.3, 0.4) is 0 Å². The summed E-state index contributed by atoms with van der Waals surface area (Å²) in [6, 6.07) is 2.91. The summed E-state index contributed by atoms with van der Waals surface area (Å²) in [6.07, 6.45) is 1.60. The topological polar surface area (TPSA) is 80.5 Å². The molecule has 1 heterocycles. The lowest BCUT2D eigenvalue weighted by molar-refractivity contribution is -0.143. The zero-order valence-corrected chi connectivity index (χ0v) is 14.1. The molecule has 0 spiro atoms. The van der Waals surface area contributed by atoms with Crippen LogP contribution in [0.2, 0.25) is 0 Å². The average molecular weight is 336 g/mol. The van der Waals surface area contributed by atoms with Crippen LogP contribution >= 0.6 is 0 Å². The van der Waals surface area contributed by atoms with Crippen LogP contribution in [-0.2, 0) is 11.3 Å². The van der Waals surface area contributed by atoms with Gasteiger partial charge in [0.05, 0.1) is 13.7 Å². The number of nitrogens with zero attached hydrogens (tertiary/aromatic N) is 4. The second-order valence-electron chi connectivity index (χ2n) is 5.79. The van der Waals surface area contributed by atoms with Crippen molar-refractivity contribution in [2.45, 2.75) is 32.5 Å². The number of aromatic nitrogens is 3. The summed E-state index contributed by atoms with van der Waals surface area (Å²) >= 11 is 0. The molecule has 0 saturated carbocycles. The van der Waals surface area contributed by atoms with Gasteiger partial charge in [-0.2, -0.15) is 0 Å². The zero-order valence-electron chi connectivity index (χ0n) is 14.1. The second-order valence-corrected chi connectivity index (χ2v) is 5.79. The van der Waals surface area contributed by atoms with Gasteiger partial charge in [-0.3, -0.25) is 9.69 Å². The largest absolute Gasteiger partial charge is 0.496 e. The van der Waals surface area contributed by atoms with Crippen LogP contribution < -0.4 is 4.74 Å². The highest BCUT2D eigenvalue weighted by molar-refractivity contribution is 5.76. The molecule has 2 aromatic rings. The van der Waals surface area contributed by atoms with Gasteiger partial charge in [-0.15, -0.1) is 10.2 Å². The number of likely N-dealkylation sites (N-methyl/N-ethyl adjacent to an activating group) is 1. The van der Waals surface area contributed by atoms with Crippen molar-refractivity contribution in [3.05, 3.63) is 41.7 Å². The van der Waals surface area contributed by atoms with Gasteiger partial charge in [0.1, 0.15) is 29.8 Å². The van der Waals surface area contributed by atoms with Crippen molar-refractivity contribution in [1.29, 1.82) is 0 Å². The summed E-state index contributed by atoms with van der Waals surface area (Å²) in [6.45, 7) is 4.21. The summed E-state index contributed by atoms with van der Waals surface area (Å²) in [7, 11) is 3.06. The van der Waals surface area contributed by atoms with E-state index in [1.807, 2.05) is 18.4 Å². The van der Waals surface area contributed by atoms with Crippen molar-refractivity contribution >= 4 is 5.97 Å². The molecule has 0 saturated heterocycles. The lowest BCUT2D eigenvalue weighted by atomic mass is 10.0. The molecular formula is C16H21FN4O3. The molecule has 2 rings (SSSR count). The molecule has 0 fully saturated rings. The molecule has 1 aromatic carbocycles. The van der Waals surface area contributed by atoms with E-state index in [0.29, 0.717) is 11.6 Å². The van der Waals surface area contributed by atoms with E-state index in [1.54, 1.807) is 18.3 Å². The van der Waals surface area contributed by atoms with E-state index in [1.165, 1.54) is 25.3 Å². The van der Waals surface area contributed by atoms with E-state index in [2.05, 4.69) is 10.2 Å². The summed E-state index contributed by atoms with van der Waals surface area (Å²) in [5, 5.41) is 17.6. The van der Waals surface area contributed by atoms with Crippen LogP contribution in [0.15, 0.2) is 24.5 Å². The van der Waals surface area contributed by atoms with E-state index < -0.39 is 17.8 Å². The zero-order chi connectivity index (χ0) is 17.9. The number of aliphatic carboxylic acids is 1. The number of benzene rings is 1. The second kappa shape index (κ2) is 7.39. The Bertz CT molecular complexity index is 717. The Morgan fingerprint density at radius 1 is 1.46 bits per heavy atom. The lowest BCUT2D eigenvalue weighted by Crippen LogP contribution is -2.32. The number of carboxylic acids is 1. The number of rotatable bonds is 7. The number of hydrogen-bond donors (Lipinski definition) is 1. The standard InChI is InChI=1S/C16H21FN4O3/c1-10(2)21-9-18-19-14(21)8-20(3)15(16(22)23)12-7-11(17)5-6-13(12)24-4/h5-7,9-10,15H,8H2,1-4H3,(H,22,23). The minimum absolute atomic E-state index is 0.149. The van der Waals surface area contributed by atoms with Gasteiger partial charge in [0.2, 0.25) is 0 Å². The molecule has 24 heavy (non-hydrogen) atoms.